The Morgan fingerprint density at radius 1 is 1.29 bits per heavy atom. The molecule has 0 aromatic carbocycles. The minimum atomic E-state index is -0.151. The van der Waals surface area contributed by atoms with E-state index in [9.17, 15) is 0 Å². The van der Waals surface area contributed by atoms with Gasteiger partial charge in [0.1, 0.15) is 0 Å². The van der Waals surface area contributed by atoms with Gasteiger partial charge in [-0.2, -0.15) is 0 Å². The van der Waals surface area contributed by atoms with E-state index in [2.05, 4.69) is 16.1 Å². The molecule has 1 fully saturated rings. The van der Waals surface area contributed by atoms with Crippen molar-refractivity contribution in [1.29, 1.82) is 0 Å². The Labute approximate surface area is 85.7 Å². The minimum absolute atomic E-state index is 0.151. The van der Waals surface area contributed by atoms with Crippen LogP contribution in [0.25, 0.3) is 0 Å². The molecule has 1 atom stereocenters. The molecule has 0 saturated heterocycles. The number of hydrogen-bond acceptors (Lipinski definition) is 3. The molecule has 1 saturated carbocycles. The van der Waals surface area contributed by atoms with Crippen LogP contribution in [0.5, 0.6) is 0 Å². The fraction of sp³-hybridized carbons (Fsp3) is 0.727. The number of rotatable bonds is 2. The highest BCUT2D eigenvalue weighted by molar-refractivity contribution is 5.71. The largest absolute Gasteiger partial charge is 0.344 e. The van der Waals surface area contributed by atoms with Crippen molar-refractivity contribution in [3.05, 3.63) is 12.3 Å². The topological polar surface area (TPSA) is 41.6 Å². The first-order chi connectivity index (χ1) is 6.86. The van der Waals surface area contributed by atoms with Gasteiger partial charge in [-0.05, 0) is 24.8 Å². The van der Waals surface area contributed by atoms with Gasteiger partial charge in [-0.15, -0.1) is 0 Å². The lowest BCUT2D eigenvalue weighted by Crippen LogP contribution is -2.41. The van der Waals surface area contributed by atoms with Gasteiger partial charge in [0.2, 0.25) is 0 Å². The maximum absolute atomic E-state index is 5.87. The van der Waals surface area contributed by atoms with Crippen molar-refractivity contribution in [1.82, 2.24) is 4.90 Å². The van der Waals surface area contributed by atoms with Crippen molar-refractivity contribution in [2.24, 2.45) is 16.6 Å². The normalized spacial score (nSPS) is 28.4. The van der Waals surface area contributed by atoms with Gasteiger partial charge in [-0.25, -0.2) is 0 Å². The SMILES string of the molecule is NC1N=CC=CN1CC1CCCCC1. The van der Waals surface area contributed by atoms with Gasteiger partial charge in [0.25, 0.3) is 0 Å². The number of allylic oxidation sites excluding steroid dienone is 1. The Morgan fingerprint density at radius 2 is 2.07 bits per heavy atom. The first-order valence-electron chi connectivity index (χ1n) is 5.57. The zero-order chi connectivity index (χ0) is 9.80. The molecule has 0 radical (unpaired) electrons. The van der Waals surface area contributed by atoms with Crippen LogP contribution in [0.1, 0.15) is 32.1 Å². The Balaban J connectivity index is 1.83. The molecule has 0 spiro atoms. The van der Waals surface area contributed by atoms with Gasteiger partial charge in [-0.1, -0.05) is 19.3 Å². The summed E-state index contributed by atoms with van der Waals surface area (Å²) < 4.78 is 0. The van der Waals surface area contributed by atoms with E-state index < -0.39 is 0 Å². The van der Waals surface area contributed by atoms with E-state index in [1.807, 2.05) is 6.08 Å². The molecule has 0 bridgehead atoms. The van der Waals surface area contributed by atoms with E-state index in [0.29, 0.717) is 0 Å². The standard InChI is InChI=1S/C11H19N3/c12-11-13-7-4-8-14(11)9-10-5-2-1-3-6-10/h4,7-8,10-11H,1-3,5-6,9,12H2. The molecule has 0 amide bonds. The molecule has 2 aliphatic rings. The number of nitrogens with zero attached hydrogens (tertiary/aromatic N) is 2. The van der Waals surface area contributed by atoms with Gasteiger partial charge in [0, 0.05) is 19.0 Å². The van der Waals surface area contributed by atoms with E-state index in [4.69, 9.17) is 5.73 Å². The van der Waals surface area contributed by atoms with Crippen molar-refractivity contribution in [2.75, 3.05) is 6.54 Å². The van der Waals surface area contributed by atoms with Crippen LogP contribution in [-0.2, 0) is 0 Å². The third kappa shape index (κ3) is 2.35. The van der Waals surface area contributed by atoms with Crippen LogP contribution in [0.15, 0.2) is 17.3 Å². The van der Waals surface area contributed by atoms with Crippen LogP contribution < -0.4 is 5.73 Å². The zero-order valence-corrected chi connectivity index (χ0v) is 8.60. The van der Waals surface area contributed by atoms with Crippen molar-refractivity contribution >= 4 is 6.21 Å². The third-order valence-electron chi connectivity index (χ3n) is 3.14. The molecule has 3 heteroatoms. The molecule has 14 heavy (non-hydrogen) atoms. The van der Waals surface area contributed by atoms with E-state index in [0.717, 1.165) is 12.5 Å². The van der Waals surface area contributed by atoms with Crippen molar-refractivity contribution in [2.45, 2.75) is 38.4 Å². The average molecular weight is 193 g/mol. The van der Waals surface area contributed by atoms with E-state index >= 15 is 0 Å². The van der Waals surface area contributed by atoms with Gasteiger partial charge in [-0.3, -0.25) is 10.7 Å². The van der Waals surface area contributed by atoms with Crippen LogP contribution in [0.2, 0.25) is 0 Å². The Hall–Kier alpha value is -0.830. The summed E-state index contributed by atoms with van der Waals surface area (Å²) in [7, 11) is 0. The molecular weight excluding hydrogens is 174 g/mol. The van der Waals surface area contributed by atoms with E-state index in [1.165, 1.54) is 32.1 Å². The second-order valence-corrected chi connectivity index (χ2v) is 4.25. The highest BCUT2D eigenvalue weighted by Gasteiger charge is 2.18. The number of hydrogen-bond donors (Lipinski definition) is 1. The molecule has 1 unspecified atom stereocenters. The first kappa shape index (κ1) is 9.71. The lowest BCUT2D eigenvalue weighted by molar-refractivity contribution is 0.211. The maximum atomic E-state index is 5.87. The summed E-state index contributed by atoms with van der Waals surface area (Å²) in [4.78, 5) is 6.32. The molecule has 2 rings (SSSR count). The van der Waals surface area contributed by atoms with Crippen LogP contribution in [0, 0.1) is 5.92 Å². The second-order valence-electron chi connectivity index (χ2n) is 4.25. The lowest BCUT2D eigenvalue weighted by Gasteiger charge is -2.32. The number of aliphatic imine (C=N–C) groups is 1. The maximum Gasteiger partial charge on any atom is 0.173 e. The van der Waals surface area contributed by atoms with Crippen molar-refractivity contribution in [3.63, 3.8) is 0 Å². The third-order valence-corrected chi connectivity index (χ3v) is 3.14. The van der Waals surface area contributed by atoms with E-state index in [1.54, 1.807) is 6.21 Å². The van der Waals surface area contributed by atoms with Gasteiger partial charge < -0.3 is 4.90 Å². The summed E-state index contributed by atoms with van der Waals surface area (Å²) >= 11 is 0. The minimum Gasteiger partial charge on any atom is -0.344 e. The summed E-state index contributed by atoms with van der Waals surface area (Å²) in [6.45, 7) is 1.08. The highest BCUT2D eigenvalue weighted by atomic mass is 15.3. The lowest BCUT2D eigenvalue weighted by atomic mass is 9.89. The Kier molecular flexibility index (Phi) is 3.19. The fourth-order valence-electron chi connectivity index (χ4n) is 2.30. The Bertz CT molecular complexity index is 229. The molecule has 1 heterocycles. The molecule has 0 aromatic rings. The summed E-state index contributed by atoms with van der Waals surface area (Å²) in [5.74, 6) is 0.827. The Morgan fingerprint density at radius 3 is 2.79 bits per heavy atom. The molecular formula is C11H19N3. The summed E-state index contributed by atoms with van der Waals surface area (Å²) in [5, 5.41) is 0. The van der Waals surface area contributed by atoms with Crippen molar-refractivity contribution < 1.29 is 0 Å². The van der Waals surface area contributed by atoms with Crippen LogP contribution in [0.4, 0.5) is 0 Å². The monoisotopic (exact) mass is 193 g/mol. The van der Waals surface area contributed by atoms with Gasteiger partial charge in [0.15, 0.2) is 6.29 Å². The highest BCUT2D eigenvalue weighted by Crippen LogP contribution is 2.25. The predicted molar refractivity (Wildman–Crippen MR) is 58.9 cm³/mol. The summed E-state index contributed by atoms with van der Waals surface area (Å²) in [6.07, 6.45) is 12.6. The fourth-order valence-corrected chi connectivity index (χ4v) is 2.30. The van der Waals surface area contributed by atoms with Gasteiger partial charge in [0.05, 0.1) is 0 Å². The molecule has 3 nitrogen and oxygen atoms in total. The summed E-state index contributed by atoms with van der Waals surface area (Å²) in [6, 6.07) is 0. The zero-order valence-electron chi connectivity index (χ0n) is 8.60. The van der Waals surface area contributed by atoms with Crippen LogP contribution in [-0.4, -0.2) is 23.9 Å². The van der Waals surface area contributed by atoms with E-state index in [-0.39, 0.29) is 6.29 Å². The van der Waals surface area contributed by atoms with Gasteiger partial charge >= 0.3 is 0 Å². The quantitative estimate of drug-likeness (QED) is 0.725. The average Bonchev–Trinajstić information content (AvgIpc) is 2.23. The summed E-state index contributed by atoms with van der Waals surface area (Å²) in [5.41, 5.74) is 5.87. The molecule has 1 aliphatic carbocycles. The molecule has 0 aromatic heterocycles. The predicted octanol–water partition coefficient (Wildman–Crippen LogP) is 1.71. The first-order valence-corrected chi connectivity index (χ1v) is 5.57. The van der Waals surface area contributed by atoms with Crippen LogP contribution in [0.3, 0.4) is 0 Å². The smallest absolute Gasteiger partial charge is 0.173 e. The van der Waals surface area contributed by atoms with Crippen LogP contribution >= 0.6 is 0 Å². The second kappa shape index (κ2) is 4.60. The molecule has 78 valence electrons. The van der Waals surface area contributed by atoms with Crippen molar-refractivity contribution in [3.8, 4) is 0 Å². The molecule has 1 aliphatic heterocycles. The molecule has 2 N–H and O–H groups in total. The number of nitrogens with two attached hydrogens (primary N) is 1.